The fraction of sp³-hybridized carbons (Fsp3) is 0.167. The number of methoxy groups -OCH3 is 2. The number of nitrogens with zero attached hydrogens (tertiary/aromatic N) is 2. The molecule has 0 aliphatic heterocycles. The van der Waals surface area contributed by atoms with Crippen LogP contribution in [-0.4, -0.2) is 29.5 Å². The Kier molecular flexibility index (Phi) is 5.39. The molecule has 0 atom stereocenters. The highest BCUT2D eigenvalue weighted by Crippen LogP contribution is 2.30. The van der Waals surface area contributed by atoms with Crippen LogP contribution in [0, 0.1) is 6.92 Å². The molecule has 0 saturated carbocycles. The Labute approximate surface area is 175 Å². The van der Waals surface area contributed by atoms with Crippen molar-refractivity contribution in [3.8, 4) is 11.5 Å². The van der Waals surface area contributed by atoms with E-state index in [0.29, 0.717) is 29.3 Å². The van der Waals surface area contributed by atoms with Gasteiger partial charge in [-0.3, -0.25) is 9.20 Å². The summed E-state index contributed by atoms with van der Waals surface area (Å²) in [5.74, 6) is 1.21. The molecule has 1 N–H and O–H groups in total. The Bertz CT molecular complexity index is 1180. The number of imidazole rings is 1. The van der Waals surface area contributed by atoms with Gasteiger partial charge in [-0.05, 0) is 36.2 Å². The van der Waals surface area contributed by atoms with Gasteiger partial charge in [0.05, 0.1) is 19.9 Å². The molecule has 30 heavy (non-hydrogen) atoms. The molecule has 0 aliphatic carbocycles. The summed E-state index contributed by atoms with van der Waals surface area (Å²) >= 11 is 0. The smallest absolute Gasteiger partial charge is 0.264 e. The largest absolute Gasteiger partial charge is 0.496 e. The van der Waals surface area contributed by atoms with Gasteiger partial charge in [-0.1, -0.05) is 42.5 Å². The van der Waals surface area contributed by atoms with Gasteiger partial charge in [0.1, 0.15) is 28.5 Å². The van der Waals surface area contributed by atoms with Crippen LogP contribution in [0.3, 0.4) is 0 Å². The number of fused-ring (bicyclic) bond motifs is 1. The second-order valence-electron chi connectivity index (χ2n) is 7.00. The highest BCUT2D eigenvalue weighted by Gasteiger charge is 2.22. The Balaban J connectivity index is 1.79. The van der Waals surface area contributed by atoms with Crippen molar-refractivity contribution >= 4 is 17.4 Å². The molecule has 0 aliphatic rings. The molecule has 0 unspecified atom stereocenters. The number of ether oxygens (including phenoxy) is 2. The summed E-state index contributed by atoms with van der Waals surface area (Å²) in [5.41, 5.74) is 4.08. The summed E-state index contributed by atoms with van der Waals surface area (Å²) in [6.45, 7) is 2.01. The number of aromatic nitrogens is 2. The lowest BCUT2D eigenvalue weighted by Crippen LogP contribution is -2.17. The van der Waals surface area contributed by atoms with Crippen LogP contribution < -0.4 is 14.8 Å². The van der Waals surface area contributed by atoms with E-state index in [4.69, 9.17) is 14.5 Å². The van der Waals surface area contributed by atoms with E-state index in [9.17, 15) is 4.79 Å². The van der Waals surface area contributed by atoms with Crippen LogP contribution in [0.5, 0.6) is 11.5 Å². The molecule has 2 aromatic heterocycles. The minimum Gasteiger partial charge on any atom is -0.496 e. The first-order chi connectivity index (χ1) is 14.6. The third kappa shape index (κ3) is 3.72. The van der Waals surface area contributed by atoms with Crippen molar-refractivity contribution in [2.45, 2.75) is 13.3 Å². The Morgan fingerprint density at radius 3 is 2.33 bits per heavy atom. The minimum atomic E-state index is -0.318. The van der Waals surface area contributed by atoms with Crippen LogP contribution in [0.2, 0.25) is 0 Å². The van der Waals surface area contributed by atoms with Crippen molar-refractivity contribution in [1.29, 1.82) is 0 Å². The molecule has 0 fully saturated rings. The molecule has 4 rings (SSSR count). The minimum absolute atomic E-state index is 0.318. The van der Waals surface area contributed by atoms with Crippen LogP contribution in [0.4, 0.5) is 5.82 Å². The second kappa shape index (κ2) is 8.29. The van der Waals surface area contributed by atoms with Gasteiger partial charge in [0, 0.05) is 12.6 Å². The fourth-order valence-electron chi connectivity index (χ4n) is 3.49. The highest BCUT2D eigenvalue weighted by molar-refractivity contribution is 6.08. The van der Waals surface area contributed by atoms with Gasteiger partial charge >= 0.3 is 0 Å². The molecular formula is C24H23N3O3. The SMILES string of the molecule is COc1cccc(OC)c1C(=O)Nc1c(Cc2ccccc2)nc2ccc(C)cn12. The summed E-state index contributed by atoms with van der Waals surface area (Å²) in [7, 11) is 3.06. The number of nitrogens with one attached hydrogen (secondary N) is 1. The van der Waals surface area contributed by atoms with Crippen molar-refractivity contribution < 1.29 is 14.3 Å². The number of hydrogen-bond donors (Lipinski definition) is 1. The van der Waals surface area contributed by atoms with E-state index >= 15 is 0 Å². The number of carbonyl (C=O) groups excluding carboxylic acids is 1. The molecule has 0 saturated heterocycles. The van der Waals surface area contributed by atoms with Crippen LogP contribution in [-0.2, 0) is 6.42 Å². The number of anilines is 1. The molecular weight excluding hydrogens is 378 g/mol. The zero-order valence-corrected chi connectivity index (χ0v) is 17.2. The topological polar surface area (TPSA) is 64.9 Å². The van der Waals surface area contributed by atoms with Gasteiger partial charge in [0.2, 0.25) is 0 Å². The third-order valence-electron chi connectivity index (χ3n) is 4.94. The average Bonchev–Trinajstić information content (AvgIpc) is 3.09. The average molecular weight is 401 g/mol. The van der Waals surface area contributed by atoms with Crippen molar-refractivity contribution in [2.24, 2.45) is 0 Å². The zero-order valence-electron chi connectivity index (χ0n) is 17.2. The number of hydrogen-bond acceptors (Lipinski definition) is 4. The summed E-state index contributed by atoms with van der Waals surface area (Å²) in [5, 5.41) is 3.05. The molecule has 6 nitrogen and oxygen atoms in total. The first-order valence-electron chi connectivity index (χ1n) is 9.64. The summed E-state index contributed by atoms with van der Waals surface area (Å²) in [4.78, 5) is 18.1. The number of amides is 1. The Morgan fingerprint density at radius 1 is 0.967 bits per heavy atom. The summed E-state index contributed by atoms with van der Waals surface area (Å²) in [6.07, 6.45) is 2.56. The predicted molar refractivity (Wildman–Crippen MR) is 117 cm³/mol. The maximum atomic E-state index is 13.3. The lowest BCUT2D eigenvalue weighted by Gasteiger charge is -2.14. The quantitative estimate of drug-likeness (QED) is 0.517. The molecule has 2 heterocycles. The molecule has 0 radical (unpaired) electrons. The fourth-order valence-corrected chi connectivity index (χ4v) is 3.49. The number of benzene rings is 2. The highest BCUT2D eigenvalue weighted by atomic mass is 16.5. The number of pyridine rings is 1. The van der Waals surface area contributed by atoms with Crippen LogP contribution in [0.15, 0.2) is 66.9 Å². The number of aryl methyl sites for hydroxylation is 1. The van der Waals surface area contributed by atoms with Gasteiger partial charge in [0.15, 0.2) is 0 Å². The molecule has 6 heteroatoms. The van der Waals surface area contributed by atoms with E-state index in [1.165, 1.54) is 14.2 Å². The van der Waals surface area contributed by atoms with E-state index < -0.39 is 0 Å². The van der Waals surface area contributed by atoms with Crippen molar-refractivity contribution in [3.05, 3.63) is 89.2 Å². The van der Waals surface area contributed by atoms with Gasteiger partial charge in [-0.2, -0.15) is 0 Å². The second-order valence-corrected chi connectivity index (χ2v) is 7.00. The molecule has 0 bridgehead atoms. The van der Waals surface area contributed by atoms with E-state index in [2.05, 4.69) is 5.32 Å². The first-order valence-corrected chi connectivity index (χ1v) is 9.64. The van der Waals surface area contributed by atoms with Gasteiger partial charge in [0.25, 0.3) is 5.91 Å². The van der Waals surface area contributed by atoms with E-state index in [0.717, 1.165) is 22.5 Å². The van der Waals surface area contributed by atoms with Crippen molar-refractivity contribution in [3.63, 3.8) is 0 Å². The molecule has 0 spiro atoms. The standard InChI is InChI=1S/C24H23N3O3/c1-16-12-13-21-25-18(14-17-8-5-4-6-9-17)23(27(21)15-16)26-24(28)22-19(29-2)10-7-11-20(22)30-3/h4-13,15H,14H2,1-3H3,(H,26,28). The normalized spacial score (nSPS) is 10.8. The number of carbonyl (C=O) groups is 1. The van der Waals surface area contributed by atoms with Crippen LogP contribution in [0.25, 0.3) is 5.65 Å². The van der Waals surface area contributed by atoms with Crippen molar-refractivity contribution in [1.82, 2.24) is 9.38 Å². The van der Waals surface area contributed by atoms with E-state index in [-0.39, 0.29) is 5.91 Å². The molecule has 2 aromatic carbocycles. The summed E-state index contributed by atoms with van der Waals surface area (Å²) < 4.78 is 12.7. The molecule has 152 valence electrons. The van der Waals surface area contributed by atoms with Gasteiger partial charge < -0.3 is 14.8 Å². The Hall–Kier alpha value is -3.80. The number of rotatable bonds is 6. The molecule has 1 amide bonds. The monoisotopic (exact) mass is 401 g/mol. The predicted octanol–water partition coefficient (Wildman–Crippen LogP) is 4.50. The van der Waals surface area contributed by atoms with Gasteiger partial charge in [-0.15, -0.1) is 0 Å². The lowest BCUT2D eigenvalue weighted by molar-refractivity contribution is 0.102. The molecule has 4 aromatic rings. The van der Waals surface area contributed by atoms with Crippen molar-refractivity contribution in [2.75, 3.05) is 19.5 Å². The Morgan fingerprint density at radius 2 is 1.67 bits per heavy atom. The summed E-state index contributed by atoms with van der Waals surface area (Å²) in [6, 6.07) is 19.3. The van der Waals surface area contributed by atoms with E-state index in [1.807, 2.05) is 60.0 Å². The zero-order chi connectivity index (χ0) is 21.1. The van der Waals surface area contributed by atoms with E-state index in [1.54, 1.807) is 18.2 Å². The maximum absolute atomic E-state index is 13.3. The van der Waals surface area contributed by atoms with Gasteiger partial charge in [-0.25, -0.2) is 4.98 Å². The maximum Gasteiger partial charge on any atom is 0.264 e. The van der Waals surface area contributed by atoms with Crippen LogP contribution >= 0.6 is 0 Å². The first kappa shape index (κ1) is 19.5. The van der Waals surface area contributed by atoms with Crippen LogP contribution in [0.1, 0.15) is 27.2 Å². The third-order valence-corrected chi connectivity index (χ3v) is 4.94. The lowest BCUT2D eigenvalue weighted by atomic mass is 10.1.